The number of hydrogen-bond acceptors (Lipinski definition) is 2. The summed E-state index contributed by atoms with van der Waals surface area (Å²) in [5.41, 5.74) is 3.72. The monoisotopic (exact) mass is 347 g/mol. The van der Waals surface area contributed by atoms with Crippen LogP contribution in [-0.4, -0.2) is 35.4 Å². The molecule has 2 rings (SSSR count). The van der Waals surface area contributed by atoms with Crippen molar-refractivity contribution in [2.45, 2.75) is 78.2 Å². The molecule has 5 nitrogen and oxygen atoms in total. The summed E-state index contributed by atoms with van der Waals surface area (Å²) in [5, 5.41) is 11.5. The number of aromatic nitrogens is 2. The molecule has 0 saturated heterocycles. The van der Waals surface area contributed by atoms with Crippen molar-refractivity contribution < 1.29 is 0 Å². The Morgan fingerprint density at radius 3 is 2.60 bits per heavy atom. The largest absolute Gasteiger partial charge is 0.356 e. The van der Waals surface area contributed by atoms with E-state index in [0.717, 1.165) is 30.5 Å². The molecule has 0 spiro atoms. The second kappa shape index (κ2) is 9.83. The Kier molecular flexibility index (Phi) is 7.79. The van der Waals surface area contributed by atoms with Gasteiger partial charge in [0.05, 0.1) is 5.69 Å². The minimum absolute atomic E-state index is 0.325. The lowest BCUT2D eigenvalue weighted by molar-refractivity contribution is 0.472. The van der Waals surface area contributed by atoms with Gasteiger partial charge in [-0.05, 0) is 45.1 Å². The SMILES string of the molecule is CN=C(NCCCCC1CCCC1)NC(C)Cc1c(C)nn(C)c1C. The number of aryl methyl sites for hydroxylation is 2. The van der Waals surface area contributed by atoms with Crippen LogP contribution in [0.5, 0.6) is 0 Å². The minimum atomic E-state index is 0.325. The van der Waals surface area contributed by atoms with Gasteiger partial charge in [-0.3, -0.25) is 9.67 Å². The molecule has 142 valence electrons. The lowest BCUT2D eigenvalue weighted by Crippen LogP contribution is -2.43. The van der Waals surface area contributed by atoms with E-state index in [0.29, 0.717) is 6.04 Å². The zero-order chi connectivity index (χ0) is 18.2. The summed E-state index contributed by atoms with van der Waals surface area (Å²) in [4.78, 5) is 4.37. The van der Waals surface area contributed by atoms with Gasteiger partial charge >= 0.3 is 0 Å². The maximum Gasteiger partial charge on any atom is 0.191 e. The summed E-state index contributed by atoms with van der Waals surface area (Å²) in [6.07, 6.45) is 10.8. The fourth-order valence-electron chi connectivity index (χ4n) is 3.96. The second-order valence-corrected chi connectivity index (χ2v) is 7.67. The average molecular weight is 348 g/mol. The Bertz CT molecular complexity index is 555. The summed E-state index contributed by atoms with van der Waals surface area (Å²) in [6.45, 7) is 7.44. The smallest absolute Gasteiger partial charge is 0.191 e. The predicted molar refractivity (Wildman–Crippen MR) is 106 cm³/mol. The molecular formula is C20H37N5. The standard InChI is InChI=1S/C20H37N5/c1-15(14-19-16(2)24-25(5)17(19)3)23-20(21-4)22-13-9-8-12-18-10-6-7-11-18/h15,18H,6-14H2,1-5H3,(H2,21,22,23). The van der Waals surface area contributed by atoms with Gasteiger partial charge in [0.25, 0.3) is 0 Å². The van der Waals surface area contributed by atoms with Gasteiger partial charge < -0.3 is 10.6 Å². The first kappa shape index (κ1) is 19.8. The van der Waals surface area contributed by atoms with Crippen molar-refractivity contribution in [3.8, 4) is 0 Å². The van der Waals surface area contributed by atoms with Gasteiger partial charge in [-0.2, -0.15) is 5.10 Å². The van der Waals surface area contributed by atoms with Crippen molar-refractivity contribution in [3.05, 3.63) is 17.0 Å². The number of hydrogen-bond donors (Lipinski definition) is 2. The van der Waals surface area contributed by atoms with E-state index in [1.165, 1.54) is 56.2 Å². The molecule has 25 heavy (non-hydrogen) atoms. The highest BCUT2D eigenvalue weighted by atomic mass is 15.3. The maximum atomic E-state index is 4.51. The van der Waals surface area contributed by atoms with E-state index in [1.807, 2.05) is 18.8 Å². The van der Waals surface area contributed by atoms with Crippen LogP contribution in [0.1, 0.15) is 68.8 Å². The molecule has 1 aliphatic rings. The molecule has 2 N–H and O–H groups in total. The fourth-order valence-corrected chi connectivity index (χ4v) is 3.96. The van der Waals surface area contributed by atoms with Crippen molar-refractivity contribution in [2.24, 2.45) is 18.0 Å². The Morgan fingerprint density at radius 1 is 1.28 bits per heavy atom. The van der Waals surface area contributed by atoms with Crippen molar-refractivity contribution in [2.75, 3.05) is 13.6 Å². The van der Waals surface area contributed by atoms with Crippen LogP contribution in [0.3, 0.4) is 0 Å². The third-order valence-corrected chi connectivity index (χ3v) is 5.58. The molecule has 1 saturated carbocycles. The van der Waals surface area contributed by atoms with Crippen molar-refractivity contribution in [1.29, 1.82) is 0 Å². The molecule has 1 fully saturated rings. The topological polar surface area (TPSA) is 54.2 Å². The van der Waals surface area contributed by atoms with Gasteiger partial charge in [0.2, 0.25) is 0 Å². The molecule has 1 heterocycles. The molecule has 0 amide bonds. The van der Waals surface area contributed by atoms with Crippen LogP contribution in [0.4, 0.5) is 0 Å². The van der Waals surface area contributed by atoms with Gasteiger partial charge in [0, 0.05) is 32.4 Å². The lowest BCUT2D eigenvalue weighted by atomic mass is 10.0. The van der Waals surface area contributed by atoms with Gasteiger partial charge in [0.15, 0.2) is 5.96 Å². The van der Waals surface area contributed by atoms with Crippen LogP contribution in [-0.2, 0) is 13.5 Å². The Morgan fingerprint density at radius 2 is 2.00 bits per heavy atom. The first-order chi connectivity index (χ1) is 12.0. The van der Waals surface area contributed by atoms with Gasteiger partial charge in [-0.25, -0.2) is 0 Å². The molecule has 0 aromatic carbocycles. The zero-order valence-corrected chi connectivity index (χ0v) is 16.9. The Labute approximate surface area is 153 Å². The second-order valence-electron chi connectivity index (χ2n) is 7.67. The average Bonchev–Trinajstić information content (AvgIpc) is 3.18. The number of guanidine groups is 1. The van der Waals surface area contributed by atoms with Crippen molar-refractivity contribution in [1.82, 2.24) is 20.4 Å². The summed E-state index contributed by atoms with van der Waals surface area (Å²) in [5.74, 6) is 1.91. The highest BCUT2D eigenvalue weighted by Gasteiger charge is 2.15. The molecule has 5 heteroatoms. The van der Waals surface area contributed by atoms with E-state index >= 15 is 0 Å². The molecule has 0 radical (unpaired) electrons. The molecule has 1 unspecified atom stereocenters. The van der Waals surface area contributed by atoms with E-state index < -0.39 is 0 Å². The van der Waals surface area contributed by atoms with Crippen molar-refractivity contribution >= 4 is 5.96 Å². The quantitative estimate of drug-likeness (QED) is 0.430. The molecule has 1 atom stereocenters. The molecule has 0 bridgehead atoms. The number of nitrogens with zero attached hydrogens (tertiary/aromatic N) is 3. The van der Waals surface area contributed by atoms with Crippen LogP contribution in [0.2, 0.25) is 0 Å². The summed E-state index contributed by atoms with van der Waals surface area (Å²) < 4.78 is 1.97. The van der Waals surface area contributed by atoms with Crippen LogP contribution >= 0.6 is 0 Å². The predicted octanol–water partition coefficient (Wildman–Crippen LogP) is 3.49. The molecular weight excluding hydrogens is 310 g/mol. The Hall–Kier alpha value is -1.52. The lowest BCUT2D eigenvalue weighted by Gasteiger charge is -2.18. The highest BCUT2D eigenvalue weighted by molar-refractivity contribution is 5.79. The third-order valence-electron chi connectivity index (χ3n) is 5.58. The molecule has 1 aromatic heterocycles. The number of nitrogens with one attached hydrogen (secondary N) is 2. The van der Waals surface area contributed by atoms with Gasteiger partial charge in [0.1, 0.15) is 0 Å². The van der Waals surface area contributed by atoms with E-state index in [2.05, 4.69) is 41.5 Å². The maximum absolute atomic E-state index is 4.51. The zero-order valence-electron chi connectivity index (χ0n) is 16.9. The van der Waals surface area contributed by atoms with Crippen LogP contribution in [0.15, 0.2) is 4.99 Å². The summed E-state index contributed by atoms with van der Waals surface area (Å²) in [6, 6.07) is 0.325. The van der Waals surface area contributed by atoms with Crippen LogP contribution < -0.4 is 10.6 Å². The van der Waals surface area contributed by atoms with E-state index in [9.17, 15) is 0 Å². The van der Waals surface area contributed by atoms with Gasteiger partial charge in [-0.1, -0.05) is 38.5 Å². The minimum Gasteiger partial charge on any atom is -0.356 e. The molecule has 1 aromatic rings. The third kappa shape index (κ3) is 6.05. The molecule has 1 aliphatic carbocycles. The van der Waals surface area contributed by atoms with Gasteiger partial charge in [-0.15, -0.1) is 0 Å². The van der Waals surface area contributed by atoms with Crippen LogP contribution in [0, 0.1) is 19.8 Å². The number of unbranched alkanes of at least 4 members (excludes halogenated alkanes) is 1. The van der Waals surface area contributed by atoms with Crippen molar-refractivity contribution in [3.63, 3.8) is 0 Å². The molecule has 0 aliphatic heterocycles. The van der Waals surface area contributed by atoms with Crippen LogP contribution in [0.25, 0.3) is 0 Å². The Balaban J connectivity index is 1.68. The first-order valence-electron chi connectivity index (χ1n) is 9.97. The summed E-state index contributed by atoms with van der Waals surface area (Å²) in [7, 11) is 3.86. The first-order valence-corrected chi connectivity index (χ1v) is 9.97. The normalized spacial score (nSPS) is 17.1. The highest BCUT2D eigenvalue weighted by Crippen LogP contribution is 2.28. The van der Waals surface area contributed by atoms with E-state index in [1.54, 1.807) is 0 Å². The van der Waals surface area contributed by atoms with E-state index in [4.69, 9.17) is 0 Å². The fraction of sp³-hybridized carbons (Fsp3) is 0.800. The number of aliphatic imine (C=N–C) groups is 1. The summed E-state index contributed by atoms with van der Waals surface area (Å²) >= 11 is 0. The number of rotatable bonds is 8. The van der Waals surface area contributed by atoms with E-state index in [-0.39, 0.29) is 0 Å².